The molecule has 0 aromatic heterocycles. The molecular weight excluding hydrogens is 188 g/mol. The highest BCUT2D eigenvalue weighted by Gasteiger charge is 2.21. The molecule has 0 bridgehead atoms. The molecule has 1 heterocycles. The minimum atomic E-state index is 0.305. The Morgan fingerprint density at radius 2 is 1.93 bits per heavy atom. The van der Waals surface area contributed by atoms with E-state index in [0.29, 0.717) is 17.9 Å². The third-order valence-electron chi connectivity index (χ3n) is 3.47. The van der Waals surface area contributed by atoms with Crippen LogP contribution in [0, 0.1) is 5.92 Å². The van der Waals surface area contributed by atoms with Crippen molar-refractivity contribution in [1.82, 2.24) is 9.80 Å². The molecular formula is C12H24N2O. The van der Waals surface area contributed by atoms with Gasteiger partial charge in [0.2, 0.25) is 5.91 Å². The van der Waals surface area contributed by atoms with E-state index in [1.54, 1.807) is 0 Å². The van der Waals surface area contributed by atoms with Gasteiger partial charge in [0, 0.05) is 19.5 Å². The summed E-state index contributed by atoms with van der Waals surface area (Å²) in [7, 11) is 4.06. The van der Waals surface area contributed by atoms with E-state index < -0.39 is 0 Å². The minimum Gasteiger partial charge on any atom is -0.343 e. The average molecular weight is 212 g/mol. The Balaban J connectivity index is 2.32. The molecule has 15 heavy (non-hydrogen) atoms. The molecule has 1 aliphatic rings. The molecule has 0 saturated carbocycles. The van der Waals surface area contributed by atoms with Crippen molar-refractivity contribution in [2.45, 2.75) is 39.2 Å². The molecule has 0 N–H and O–H groups in total. The van der Waals surface area contributed by atoms with Crippen LogP contribution in [-0.4, -0.2) is 48.9 Å². The lowest BCUT2D eigenvalue weighted by Gasteiger charge is -2.30. The second-order valence-electron chi connectivity index (χ2n) is 5.05. The molecule has 0 aromatic rings. The summed E-state index contributed by atoms with van der Waals surface area (Å²) < 4.78 is 0. The first-order valence-electron chi connectivity index (χ1n) is 5.95. The fourth-order valence-corrected chi connectivity index (χ4v) is 1.95. The number of nitrogens with zero attached hydrogens (tertiary/aromatic N) is 2. The first-order chi connectivity index (χ1) is 7.00. The van der Waals surface area contributed by atoms with Crippen molar-refractivity contribution in [3.8, 4) is 0 Å². The van der Waals surface area contributed by atoms with Crippen molar-refractivity contribution >= 4 is 5.91 Å². The molecule has 0 aromatic carbocycles. The maximum atomic E-state index is 11.8. The lowest BCUT2D eigenvalue weighted by molar-refractivity contribution is -0.132. The van der Waals surface area contributed by atoms with Crippen LogP contribution in [0.5, 0.6) is 0 Å². The van der Waals surface area contributed by atoms with Gasteiger partial charge in [-0.25, -0.2) is 0 Å². The standard InChI is InChI=1S/C12H24N2O/c1-10(2)14(4)12(15)9-11-5-7-13(3)8-6-11/h10-11H,5-9H2,1-4H3. The summed E-state index contributed by atoms with van der Waals surface area (Å²) in [5.41, 5.74) is 0. The van der Waals surface area contributed by atoms with E-state index in [1.165, 1.54) is 12.8 Å². The van der Waals surface area contributed by atoms with Gasteiger partial charge >= 0.3 is 0 Å². The molecule has 1 saturated heterocycles. The van der Waals surface area contributed by atoms with E-state index in [9.17, 15) is 4.79 Å². The van der Waals surface area contributed by atoms with Crippen molar-refractivity contribution < 1.29 is 4.79 Å². The van der Waals surface area contributed by atoms with Crippen molar-refractivity contribution in [2.24, 2.45) is 5.92 Å². The predicted octanol–water partition coefficient (Wildman–Crippen LogP) is 1.59. The van der Waals surface area contributed by atoms with Gasteiger partial charge in [-0.15, -0.1) is 0 Å². The van der Waals surface area contributed by atoms with Crippen LogP contribution >= 0.6 is 0 Å². The summed E-state index contributed by atoms with van der Waals surface area (Å²) in [5, 5.41) is 0. The molecule has 1 fully saturated rings. The molecule has 0 unspecified atom stereocenters. The Kier molecular flexibility index (Phi) is 4.58. The van der Waals surface area contributed by atoms with E-state index in [1.807, 2.05) is 11.9 Å². The quantitative estimate of drug-likeness (QED) is 0.709. The Hall–Kier alpha value is -0.570. The largest absolute Gasteiger partial charge is 0.343 e. The second-order valence-corrected chi connectivity index (χ2v) is 5.05. The number of carbonyl (C=O) groups excluding carboxylic acids is 1. The van der Waals surface area contributed by atoms with E-state index in [-0.39, 0.29) is 0 Å². The first kappa shape index (κ1) is 12.5. The summed E-state index contributed by atoms with van der Waals surface area (Å²) in [6.45, 7) is 6.41. The third kappa shape index (κ3) is 3.82. The third-order valence-corrected chi connectivity index (χ3v) is 3.47. The number of likely N-dealkylation sites (tertiary alicyclic amines) is 1. The maximum Gasteiger partial charge on any atom is 0.222 e. The van der Waals surface area contributed by atoms with Gasteiger partial charge in [0.25, 0.3) is 0 Å². The van der Waals surface area contributed by atoms with Gasteiger partial charge in [0.1, 0.15) is 0 Å². The van der Waals surface area contributed by atoms with Gasteiger partial charge in [0.15, 0.2) is 0 Å². The van der Waals surface area contributed by atoms with Crippen molar-refractivity contribution in [1.29, 1.82) is 0 Å². The predicted molar refractivity (Wildman–Crippen MR) is 62.7 cm³/mol. The van der Waals surface area contributed by atoms with Crippen LogP contribution < -0.4 is 0 Å². The molecule has 1 aliphatic heterocycles. The molecule has 88 valence electrons. The SMILES string of the molecule is CC(C)N(C)C(=O)CC1CCN(C)CC1. The fraction of sp³-hybridized carbons (Fsp3) is 0.917. The zero-order chi connectivity index (χ0) is 11.4. The van der Waals surface area contributed by atoms with Crippen LogP contribution in [0.15, 0.2) is 0 Å². The summed E-state index contributed by atoms with van der Waals surface area (Å²) in [5.74, 6) is 0.912. The van der Waals surface area contributed by atoms with Gasteiger partial charge < -0.3 is 9.80 Å². The maximum absolute atomic E-state index is 11.8. The number of hydrogen-bond donors (Lipinski definition) is 0. The van der Waals surface area contributed by atoms with Crippen LogP contribution in [0.1, 0.15) is 33.1 Å². The van der Waals surface area contributed by atoms with Crippen LogP contribution in [0.2, 0.25) is 0 Å². The molecule has 0 atom stereocenters. The normalized spacial score (nSPS) is 19.5. The first-order valence-corrected chi connectivity index (χ1v) is 5.95. The molecule has 0 radical (unpaired) electrons. The summed E-state index contributed by atoms with van der Waals surface area (Å²) in [4.78, 5) is 16.0. The Bertz CT molecular complexity index is 208. The van der Waals surface area contributed by atoms with Crippen molar-refractivity contribution in [3.63, 3.8) is 0 Å². The van der Waals surface area contributed by atoms with E-state index >= 15 is 0 Å². The molecule has 0 spiro atoms. The molecule has 3 nitrogen and oxygen atoms in total. The number of carbonyl (C=O) groups is 1. The Morgan fingerprint density at radius 3 is 2.40 bits per heavy atom. The summed E-state index contributed by atoms with van der Waals surface area (Å²) in [6.07, 6.45) is 3.09. The van der Waals surface area contributed by atoms with Crippen LogP contribution in [0.4, 0.5) is 0 Å². The highest BCUT2D eigenvalue weighted by atomic mass is 16.2. The Labute approximate surface area is 93.4 Å². The number of piperidine rings is 1. The second kappa shape index (κ2) is 5.50. The monoisotopic (exact) mass is 212 g/mol. The Morgan fingerprint density at radius 1 is 1.40 bits per heavy atom. The van der Waals surface area contributed by atoms with Gasteiger partial charge in [-0.3, -0.25) is 4.79 Å². The zero-order valence-electron chi connectivity index (χ0n) is 10.5. The minimum absolute atomic E-state index is 0.305. The van der Waals surface area contributed by atoms with Crippen LogP contribution in [0.3, 0.4) is 0 Å². The van der Waals surface area contributed by atoms with E-state index in [2.05, 4.69) is 25.8 Å². The lowest BCUT2D eigenvalue weighted by atomic mass is 9.93. The smallest absolute Gasteiger partial charge is 0.222 e. The highest BCUT2D eigenvalue weighted by Crippen LogP contribution is 2.20. The van der Waals surface area contributed by atoms with E-state index in [0.717, 1.165) is 19.5 Å². The molecule has 3 heteroatoms. The topological polar surface area (TPSA) is 23.6 Å². The molecule has 1 rings (SSSR count). The molecule has 1 amide bonds. The van der Waals surface area contributed by atoms with Crippen molar-refractivity contribution in [3.05, 3.63) is 0 Å². The number of hydrogen-bond acceptors (Lipinski definition) is 2. The van der Waals surface area contributed by atoms with Gasteiger partial charge in [-0.1, -0.05) is 0 Å². The van der Waals surface area contributed by atoms with Crippen LogP contribution in [0.25, 0.3) is 0 Å². The summed E-state index contributed by atoms with van der Waals surface area (Å²) >= 11 is 0. The van der Waals surface area contributed by atoms with Gasteiger partial charge in [-0.05, 0) is 52.7 Å². The van der Waals surface area contributed by atoms with Crippen molar-refractivity contribution in [2.75, 3.05) is 27.2 Å². The summed E-state index contributed by atoms with van der Waals surface area (Å²) in [6, 6.07) is 0.323. The van der Waals surface area contributed by atoms with Gasteiger partial charge in [0.05, 0.1) is 0 Å². The number of amides is 1. The number of rotatable bonds is 3. The highest BCUT2D eigenvalue weighted by molar-refractivity contribution is 5.76. The van der Waals surface area contributed by atoms with Gasteiger partial charge in [-0.2, -0.15) is 0 Å². The van der Waals surface area contributed by atoms with Crippen LogP contribution in [-0.2, 0) is 4.79 Å². The average Bonchev–Trinajstić information content (AvgIpc) is 2.20. The zero-order valence-corrected chi connectivity index (χ0v) is 10.5. The fourth-order valence-electron chi connectivity index (χ4n) is 1.95. The van der Waals surface area contributed by atoms with E-state index in [4.69, 9.17) is 0 Å². The lowest BCUT2D eigenvalue weighted by Crippen LogP contribution is -2.37. The molecule has 0 aliphatic carbocycles.